The van der Waals surface area contributed by atoms with Gasteiger partial charge >= 0.3 is 5.97 Å². The van der Waals surface area contributed by atoms with Gasteiger partial charge < -0.3 is 15.2 Å². The van der Waals surface area contributed by atoms with Gasteiger partial charge in [0.2, 0.25) is 0 Å². The number of rotatable bonds is 8. The summed E-state index contributed by atoms with van der Waals surface area (Å²) in [6, 6.07) is 7.01. The van der Waals surface area contributed by atoms with Crippen LogP contribution in [0.5, 0.6) is 11.5 Å². The fourth-order valence-corrected chi connectivity index (χ4v) is 2.38. The first-order valence-electron chi connectivity index (χ1n) is 7.92. The molecule has 132 valence electrons. The lowest BCUT2D eigenvalue weighted by atomic mass is 10.1. The van der Waals surface area contributed by atoms with Crippen LogP contribution in [-0.2, 0) is 4.79 Å². The van der Waals surface area contributed by atoms with E-state index in [9.17, 15) is 14.7 Å². The molecule has 1 aromatic carbocycles. The maximum atomic E-state index is 12.3. The van der Waals surface area contributed by atoms with Crippen LogP contribution in [-0.4, -0.2) is 28.0 Å². The average molecular weight is 363 g/mol. The second-order valence-corrected chi connectivity index (χ2v) is 5.84. The molecule has 0 aliphatic heterocycles. The van der Waals surface area contributed by atoms with Crippen molar-refractivity contribution >= 4 is 23.5 Å². The Labute approximate surface area is 150 Å². The molecule has 0 bridgehead atoms. The third kappa shape index (κ3) is 5.46. The van der Waals surface area contributed by atoms with E-state index < -0.39 is 17.9 Å². The SMILES string of the molecule is CCCC[C@H](NC(=O)c1ccc(Oc2ccncc2)c(Cl)c1)C(=O)O. The van der Waals surface area contributed by atoms with E-state index in [-0.39, 0.29) is 10.6 Å². The molecule has 2 aromatic rings. The lowest BCUT2D eigenvalue weighted by Gasteiger charge is -2.14. The van der Waals surface area contributed by atoms with E-state index in [1.165, 1.54) is 12.1 Å². The number of carbonyl (C=O) groups excluding carboxylic acids is 1. The molecule has 0 saturated heterocycles. The molecular formula is C18H19ClN2O4. The quantitative estimate of drug-likeness (QED) is 0.743. The Morgan fingerprint density at radius 2 is 2.00 bits per heavy atom. The number of nitrogens with one attached hydrogen (secondary N) is 1. The Hall–Kier alpha value is -2.60. The highest BCUT2D eigenvalue weighted by molar-refractivity contribution is 6.32. The van der Waals surface area contributed by atoms with Crippen molar-refractivity contribution in [2.75, 3.05) is 0 Å². The van der Waals surface area contributed by atoms with Crippen molar-refractivity contribution in [2.45, 2.75) is 32.2 Å². The molecule has 1 heterocycles. The molecular weight excluding hydrogens is 344 g/mol. The summed E-state index contributed by atoms with van der Waals surface area (Å²) in [6.07, 6.45) is 5.14. The number of carboxylic acids is 1. The molecule has 25 heavy (non-hydrogen) atoms. The minimum atomic E-state index is -1.05. The van der Waals surface area contributed by atoms with Gasteiger partial charge in [0.1, 0.15) is 17.5 Å². The van der Waals surface area contributed by atoms with Gasteiger partial charge in [-0.1, -0.05) is 31.4 Å². The first-order chi connectivity index (χ1) is 12.0. The van der Waals surface area contributed by atoms with Crippen molar-refractivity contribution < 1.29 is 19.4 Å². The molecule has 0 aliphatic carbocycles. The number of amides is 1. The molecule has 0 unspecified atom stereocenters. The van der Waals surface area contributed by atoms with Crippen molar-refractivity contribution in [1.82, 2.24) is 10.3 Å². The van der Waals surface area contributed by atoms with Crippen LogP contribution in [0.1, 0.15) is 36.5 Å². The molecule has 1 atom stereocenters. The van der Waals surface area contributed by atoms with E-state index in [1.807, 2.05) is 6.92 Å². The van der Waals surface area contributed by atoms with E-state index in [4.69, 9.17) is 16.3 Å². The Kier molecular flexibility index (Phi) is 6.77. The highest BCUT2D eigenvalue weighted by atomic mass is 35.5. The molecule has 0 radical (unpaired) electrons. The molecule has 0 aliphatic rings. The number of halogens is 1. The van der Waals surface area contributed by atoms with E-state index >= 15 is 0 Å². The molecule has 0 fully saturated rings. The number of hydrogen-bond acceptors (Lipinski definition) is 4. The predicted molar refractivity (Wildman–Crippen MR) is 94.2 cm³/mol. The number of nitrogens with zero attached hydrogens (tertiary/aromatic N) is 1. The topological polar surface area (TPSA) is 88.5 Å². The molecule has 7 heteroatoms. The molecule has 0 spiro atoms. The van der Waals surface area contributed by atoms with Crippen molar-refractivity contribution in [3.05, 3.63) is 53.3 Å². The van der Waals surface area contributed by atoms with Crippen LogP contribution in [0.3, 0.4) is 0 Å². The minimum absolute atomic E-state index is 0.255. The second-order valence-electron chi connectivity index (χ2n) is 5.44. The van der Waals surface area contributed by atoms with Gasteiger partial charge in [-0.3, -0.25) is 9.78 Å². The lowest BCUT2D eigenvalue weighted by Crippen LogP contribution is -2.40. The van der Waals surface area contributed by atoms with E-state index in [0.717, 1.165) is 12.8 Å². The fourth-order valence-electron chi connectivity index (χ4n) is 2.17. The molecule has 6 nitrogen and oxygen atoms in total. The van der Waals surface area contributed by atoms with Gasteiger partial charge in [-0.05, 0) is 36.8 Å². The first-order valence-corrected chi connectivity index (χ1v) is 8.30. The molecule has 1 aromatic heterocycles. The number of pyridine rings is 1. The summed E-state index contributed by atoms with van der Waals surface area (Å²) in [4.78, 5) is 27.4. The highest BCUT2D eigenvalue weighted by Gasteiger charge is 2.20. The zero-order valence-electron chi connectivity index (χ0n) is 13.7. The normalized spacial score (nSPS) is 11.6. The highest BCUT2D eigenvalue weighted by Crippen LogP contribution is 2.29. The van der Waals surface area contributed by atoms with Crippen LogP contribution in [0.4, 0.5) is 0 Å². The van der Waals surface area contributed by atoms with Crippen LogP contribution < -0.4 is 10.1 Å². The van der Waals surface area contributed by atoms with Crippen molar-refractivity contribution in [3.8, 4) is 11.5 Å². The summed E-state index contributed by atoms with van der Waals surface area (Å²) in [5.41, 5.74) is 0.273. The van der Waals surface area contributed by atoms with Crippen molar-refractivity contribution in [3.63, 3.8) is 0 Å². The summed E-state index contributed by atoms with van der Waals surface area (Å²) in [7, 11) is 0. The largest absolute Gasteiger partial charge is 0.480 e. The number of ether oxygens (including phenoxy) is 1. The zero-order valence-corrected chi connectivity index (χ0v) is 14.5. The second kappa shape index (κ2) is 9.03. The summed E-state index contributed by atoms with van der Waals surface area (Å²) >= 11 is 6.17. The summed E-state index contributed by atoms with van der Waals surface area (Å²) in [5.74, 6) is -0.573. The van der Waals surface area contributed by atoms with Crippen LogP contribution in [0.15, 0.2) is 42.7 Å². The van der Waals surface area contributed by atoms with Crippen LogP contribution in [0, 0.1) is 0 Å². The first kappa shape index (κ1) is 18.7. The molecule has 2 rings (SSSR count). The Bertz CT molecular complexity index is 737. The van der Waals surface area contributed by atoms with Gasteiger partial charge in [-0.25, -0.2) is 4.79 Å². The third-order valence-corrected chi connectivity index (χ3v) is 3.82. The smallest absolute Gasteiger partial charge is 0.326 e. The van der Waals surface area contributed by atoms with Crippen LogP contribution in [0.25, 0.3) is 0 Å². The number of carbonyl (C=O) groups is 2. The van der Waals surface area contributed by atoms with Crippen molar-refractivity contribution in [2.24, 2.45) is 0 Å². The van der Waals surface area contributed by atoms with Gasteiger partial charge in [0, 0.05) is 18.0 Å². The Morgan fingerprint density at radius 3 is 2.60 bits per heavy atom. The maximum absolute atomic E-state index is 12.3. The predicted octanol–water partition coefficient (Wildman–Crippen LogP) is 3.90. The summed E-state index contributed by atoms with van der Waals surface area (Å²) in [5, 5.41) is 12.0. The average Bonchev–Trinajstić information content (AvgIpc) is 2.60. The standard InChI is InChI=1S/C18H19ClN2O4/c1-2-3-4-15(18(23)24)21-17(22)12-5-6-16(14(19)11-12)25-13-7-9-20-10-8-13/h5-11,15H,2-4H2,1H3,(H,21,22)(H,23,24)/t15-/m0/s1. The van der Waals surface area contributed by atoms with Crippen LogP contribution in [0.2, 0.25) is 5.02 Å². The molecule has 2 N–H and O–H groups in total. The minimum Gasteiger partial charge on any atom is -0.480 e. The summed E-state index contributed by atoms with van der Waals surface area (Å²) in [6.45, 7) is 1.96. The van der Waals surface area contributed by atoms with Gasteiger partial charge in [-0.15, -0.1) is 0 Å². The van der Waals surface area contributed by atoms with E-state index in [1.54, 1.807) is 30.6 Å². The molecule has 1 amide bonds. The van der Waals surface area contributed by atoms with Gasteiger partial charge in [0.15, 0.2) is 0 Å². The molecule has 0 saturated carbocycles. The zero-order chi connectivity index (χ0) is 18.2. The third-order valence-electron chi connectivity index (χ3n) is 3.52. The van der Waals surface area contributed by atoms with Crippen LogP contribution >= 0.6 is 11.6 Å². The number of hydrogen-bond donors (Lipinski definition) is 2. The fraction of sp³-hybridized carbons (Fsp3) is 0.278. The number of aromatic nitrogens is 1. The van der Waals surface area contributed by atoms with Gasteiger partial charge in [-0.2, -0.15) is 0 Å². The van der Waals surface area contributed by atoms with E-state index in [0.29, 0.717) is 17.9 Å². The number of aliphatic carboxylic acids is 1. The monoisotopic (exact) mass is 362 g/mol. The van der Waals surface area contributed by atoms with Crippen molar-refractivity contribution in [1.29, 1.82) is 0 Å². The number of unbranched alkanes of at least 4 members (excludes halogenated alkanes) is 1. The Morgan fingerprint density at radius 1 is 1.28 bits per heavy atom. The van der Waals surface area contributed by atoms with Gasteiger partial charge in [0.05, 0.1) is 5.02 Å². The number of carboxylic acid groups (broad SMARTS) is 1. The Balaban J connectivity index is 2.08. The van der Waals surface area contributed by atoms with Gasteiger partial charge in [0.25, 0.3) is 5.91 Å². The van der Waals surface area contributed by atoms with E-state index in [2.05, 4.69) is 10.3 Å². The maximum Gasteiger partial charge on any atom is 0.326 e. The summed E-state index contributed by atoms with van der Waals surface area (Å²) < 4.78 is 5.62. The lowest BCUT2D eigenvalue weighted by molar-refractivity contribution is -0.139. The number of benzene rings is 1.